The van der Waals surface area contributed by atoms with Crippen molar-refractivity contribution in [3.8, 4) is 34.5 Å². The Morgan fingerprint density at radius 3 is 1.76 bits per heavy atom. The van der Waals surface area contributed by atoms with Gasteiger partial charge in [0.1, 0.15) is 43.7 Å². The van der Waals surface area contributed by atoms with E-state index in [2.05, 4.69) is 25.0 Å². The van der Waals surface area contributed by atoms with Crippen molar-refractivity contribution in [2.45, 2.75) is 19.3 Å². The molecule has 0 unspecified atom stereocenters. The monoisotopic (exact) mass is 634 g/mol. The molecule has 2 N–H and O–H groups in total. The molecule has 3 rings (SSSR count). The van der Waals surface area contributed by atoms with Crippen LogP contribution in [-0.4, -0.2) is 68.5 Å². The Morgan fingerprint density at radius 2 is 1.24 bits per heavy atom. The van der Waals surface area contributed by atoms with E-state index < -0.39 is 31.8 Å². The second kappa shape index (κ2) is 18.7. The Hall–Kier alpha value is -4.98. The SMILES string of the molecule is C=C(CO)C(=O)OCCOc1cc(OCCOC(=O)C(=C)CO)cc(-c2ccc(C#Cc3ccc(CCCCF)c(F)c3)cc2)c1. The van der Waals surface area contributed by atoms with Crippen molar-refractivity contribution in [2.75, 3.05) is 46.3 Å². The molecule has 0 aromatic heterocycles. The summed E-state index contributed by atoms with van der Waals surface area (Å²) in [7, 11) is 0. The molecular weight excluding hydrogens is 598 g/mol. The van der Waals surface area contributed by atoms with Gasteiger partial charge >= 0.3 is 11.9 Å². The summed E-state index contributed by atoms with van der Waals surface area (Å²) in [5.41, 5.74) is 3.17. The van der Waals surface area contributed by atoms with E-state index in [0.717, 1.165) is 11.1 Å². The first-order valence-corrected chi connectivity index (χ1v) is 14.5. The third-order valence-electron chi connectivity index (χ3n) is 6.46. The predicted octanol–water partition coefficient (Wildman–Crippen LogP) is 5.13. The minimum absolute atomic E-state index is 0.0158. The van der Waals surface area contributed by atoms with Gasteiger partial charge in [-0.1, -0.05) is 43.2 Å². The number of hydrogen-bond acceptors (Lipinski definition) is 8. The number of carbonyl (C=O) groups excluding carboxylic acids is 2. The molecule has 0 saturated carbocycles. The van der Waals surface area contributed by atoms with Crippen LogP contribution in [0.5, 0.6) is 11.5 Å². The van der Waals surface area contributed by atoms with Crippen LogP contribution in [0.3, 0.4) is 0 Å². The van der Waals surface area contributed by atoms with E-state index in [1.54, 1.807) is 30.3 Å². The van der Waals surface area contributed by atoms with E-state index in [0.29, 0.717) is 47.5 Å². The van der Waals surface area contributed by atoms with Crippen molar-refractivity contribution in [3.63, 3.8) is 0 Å². The second-order valence-electron chi connectivity index (χ2n) is 9.96. The standard InChI is InChI=1S/C36H36F2O8/c1-25(23-39)35(41)45-17-15-43-32-20-31(21-33(22-32)44-16-18-46-36(42)26(2)24-40)29-11-8-27(9-12-29)6-7-28-10-13-30(34(38)19-28)5-3-4-14-37/h8-13,19-22,39-40H,1-5,14-18,23-24H2. The fraction of sp³-hybridized carbons (Fsp3) is 0.278. The van der Waals surface area contributed by atoms with E-state index in [1.807, 2.05) is 24.3 Å². The van der Waals surface area contributed by atoms with E-state index in [1.165, 1.54) is 6.07 Å². The van der Waals surface area contributed by atoms with Gasteiger partial charge < -0.3 is 29.2 Å². The minimum Gasteiger partial charge on any atom is -0.490 e. The molecular formula is C36H36F2O8. The third kappa shape index (κ3) is 11.5. The molecule has 10 heteroatoms. The van der Waals surface area contributed by atoms with Crippen molar-refractivity contribution in [1.29, 1.82) is 0 Å². The van der Waals surface area contributed by atoms with Crippen LogP contribution in [0.25, 0.3) is 11.1 Å². The largest absolute Gasteiger partial charge is 0.490 e. The number of benzene rings is 3. The summed E-state index contributed by atoms with van der Waals surface area (Å²) in [6, 6.07) is 17.3. The van der Waals surface area contributed by atoms with Crippen LogP contribution in [0, 0.1) is 17.7 Å². The summed E-state index contributed by atoms with van der Waals surface area (Å²) in [6.45, 7) is 5.27. The molecule has 0 saturated heterocycles. The molecule has 0 aliphatic rings. The van der Waals surface area contributed by atoms with Gasteiger partial charge in [-0.25, -0.2) is 14.0 Å². The average molecular weight is 635 g/mol. The van der Waals surface area contributed by atoms with Gasteiger partial charge in [0.15, 0.2) is 0 Å². The highest BCUT2D eigenvalue weighted by atomic mass is 19.1. The third-order valence-corrected chi connectivity index (χ3v) is 6.46. The van der Waals surface area contributed by atoms with Gasteiger partial charge in [0.2, 0.25) is 0 Å². The topological polar surface area (TPSA) is 112 Å². The van der Waals surface area contributed by atoms with E-state index in [9.17, 15) is 18.4 Å². The quantitative estimate of drug-likeness (QED) is 0.0911. The Labute approximate surface area is 266 Å². The molecule has 0 amide bonds. The summed E-state index contributed by atoms with van der Waals surface area (Å²) >= 11 is 0. The number of hydrogen-bond donors (Lipinski definition) is 2. The zero-order valence-electron chi connectivity index (χ0n) is 25.4. The summed E-state index contributed by atoms with van der Waals surface area (Å²) in [5.74, 6) is 5.01. The smallest absolute Gasteiger partial charge is 0.335 e. The van der Waals surface area contributed by atoms with Crippen molar-refractivity contribution in [1.82, 2.24) is 0 Å². The van der Waals surface area contributed by atoms with Crippen LogP contribution >= 0.6 is 0 Å². The number of carbonyl (C=O) groups is 2. The van der Waals surface area contributed by atoms with Crippen LogP contribution in [0.4, 0.5) is 8.78 Å². The molecule has 0 atom stereocenters. The molecule has 0 aliphatic heterocycles. The molecule has 0 heterocycles. The number of aliphatic hydroxyl groups is 2. The van der Waals surface area contributed by atoms with Crippen LogP contribution in [0.2, 0.25) is 0 Å². The van der Waals surface area contributed by atoms with Crippen LogP contribution in [0.15, 0.2) is 85.0 Å². The number of esters is 2. The summed E-state index contributed by atoms with van der Waals surface area (Å²) in [4.78, 5) is 23.4. The average Bonchev–Trinajstić information content (AvgIpc) is 3.07. The lowest BCUT2D eigenvalue weighted by atomic mass is 10.0. The highest BCUT2D eigenvalue weighted by Crippen LogP contribution is 2.30. The van der Waals surface area contributed by atoms with Crippen LogP contribution in [-0.2, 0) is 25.5 Å². The molecule has 0 fully saturated rings. The summed E-state index contributed by atoms with van der Waals surface area (Å²) in [5, 5.41) is 18.0. The molecule has 0 bridgehead atoms. The lowest BCUT2D eigenvalue weighted by Crippen LogP contribution is -2.15. The minimum atomic E-state index is -0.724. The second-order valence-corrected chi connectivity index (χ2v) is 9.96. The van der Waals surface area contributed by atoms with Crippen LogP contribution in [0.1, 0.15) is 29.5 Å². The molecule has 3 aromatic carbocycles. The summed E-state index contributed by atoms with van der Waals surface area (Å²) < 4.78 is 48.3. The first kappa shape index (κ1) is 35.5. The highest BCUT2D eigenvalue weighted by molar-refractivity contribution is 5.88. The molecule has 8 nitrogen and oxygen atoms in total. The predicted molar refractivity (Wildman–Crippen MR) is 169 cm³/mol. The van der Waals surface area contributed by atoms with Gasteiger partial charge in [-0.15, -0.1) is 0 Å². The molecule has 0 radical (unpaired) electrons. The lowest BCUT2D eigenvalue weighted by molar-refractivity contribution is -0.141. The number of unbranched alkanes of at least 4 members (excludes halogenated alkanes) is 1. The Kier molecular flexibility index (Phi) is 14.5. The number of ether oxygens (including phenoxy) is 4. The Balaban J connectivity index is 1.72. The Morgan fingerprint density at radius 1 is 0.696 bits per heavy atom. The van der Waals surface area contributed by atoms with Crippen LogP contribution < -0.4 is 9.47 Å². The molecule has 3 aromatic rings. The van der Waals surface area contributed by atoms with Crippen molar-refractivity contribution in [2.24, 2.45) is 0 Å². The molecule has 0 spiro atoms. The lowest BCUT2D eigenvalue weighted by Gasteiger charge is -2.13. The van der Waals surface area contributed by atoms with Gasteiger partial charge in [0.05, 0.1) is 31.0 Å². The Bertz CT molecular complexity index is 1520. The maximum Gasteiger partial charge on any atom is 0.335 e. The fourth-order valence-corrected chi connectivity index (χ4v) is 3.95. The first-order chi connectivity index (χ1) is 22.2. The summed E-state index contributed by atoms with van der Waals surface area (Å²) in [6.07, 6.45) is 1.47. The maximum atomic E-state index is 14.4. The van der Waals surface area contributed by atoms with Gasteiger partial charge in [-0.3, -0.25) is 4.39 Å². The van der Waals surface area contributed by atoms with Gasteiger partial charge in [0, 0.05) is 17.2 Å². The fourth-order valence-electron chi connectivity index (χ4n) is 3.95. The zero-order valence-corrected chi connectivity index (χ0v) is 25.4. The molecule has 46 heavy (non-hydrogen) atoms. The number of aliphatic hydroxyl groups excluding tert-OH is 2. The van der Waals surface area contributed by atoms with Gasteiger partial charge in [-0.2, -0.15) is 0 Å². The number of aryl methyl sites for hydroxylation is 1. The molecule has 0 aliphatic carbocycles. The van der Waals surface area contributed by atoms with Gasteiger partial charge in [0.25, 0.3) is 0 Å². The van der Waals surface area contributed by atoms with E-state index in [-0.39, 0.29) is 43.4 Å². The zero-order chi connectivity index (χ0) is 33.3. The van der Waals surface area contributed by atoms with Gasteiger partial charge in [-0.05, 0) is 72.4 Å². The van der Waals surface area contributed by atoms with Crippen molar-refractivity contribution < 1.29 is 47.5 Å². The van der Waals surface area contributed by atoms with Crippen molar-refractivity contribution in [3.05, 3.63) is 107 Å². The van der Waals surface area contributed by atoms with Crippen molar-refractivity contribution >= 4 is 11.9 Å². The van der Waals surface area contributed by atoms with E-state index in [4.69, 9.17) is 29.2 Å². The number of alkyl halides is 1. The first-order valence-electron chi connectivity index (χ1n) is 14.5. The highest BCUT2D eigenvalue weighted by Gasteiger charge is 2.11. The number of rotatable bonds is 17. The van der Waals surface area contributed by atoms with E-state index >= 15 is 0 Å². The normalized spacial score (nSPS) is 10.3. The molecule has 242 valence electrons. The maximum absolute atomic E-state index is 14.4. The number of halogens is 2.